The molecular weight excluding hydrogens is 431 g/mol. The number of halogens is 3. The van der Waals surface area contributed by atoms with Crippen LogP contribution in [-0.2, 0) is 20.8 Å². The molecule has 1 aliphatic heterocycles. The van der Waals surface area contributed by atoms with E-state index in [1.54, 1.807) is 17.0 Å². The van der Waals surface area contributed by atoms with Gasteiger partial charge in [-0.05, 0) is 37.6 Å². The molecule has 10 heteroatoms. The van der Waals surface area contributed by atoms with Gasteiger partial charge in [-0.15, -0.1) is 0 Å². The normalized spacial score (nSPS) is 15.6. The van der Waals surface area contributed by atoms with Gasteiger partial charge in [0.2, 0.25) is 5.91 Å². The lowest BCUT2D eigenvalue weighted by Gasteiger charge is -2.23. The molecule has 168 valence electrons. The molecule has 1 fully saturated rings. The molecule has 0 bridgehead atoms. The third-order valence-electron chi connectivity index (χ3n) is 5.21. The summed E-state index contributed by atoms with van der Waals surface area (Å²) in [6.45, 7) is 3.63. The summed E-state index contributed by atoms with van der Waals surface area (Å²) in [5.74, 6) is -0.0996. The first-order valence-electron chi connectivity index (χ1n) is 9.92. The molecule has 1 aromatic heterocycles. The summed E-state index contributed by atoms with van der Waals surface area (Å²) in [6, 6.07) is 8.83. The third kappa shape index (κ3) is 5.96. The van der Waals surface area contributed by atoms with E-state index in [0.717, 1.165) is 17.8 Å². The molecule has 1 aliphatic rings. The Bertz CT molecular complexity index is 1010. The largest absolute Gasteiger partial charge is 0.417 e. The molecule has 0 radical (unpaired) electrons. The summed E-state index contributed by atoms with van der Waals surface area (Å²) in [7, 11) is -3.55. The lowest BCUT2D eigenvalue weighted by molar-refractivity contribution is -0.137. The van der Waals surface area contributed by atoms with Crippen molar-refractivity contribution in [3.8, 4) is 0 Å². The highest BCUT2D eigenvalue weighted by atomic mass is 32.2. The smallest absolute Gasteiger partial charge is 0.355 e. The molecule has 6 nitrogen and oxygen atoms in total. The second kappa shape index (κ2) is 9.25. The van der Waals surface area contributed by atoms with Crippen LogP contribution in [0.15, 0.2) is 47.5 Å². The lowest BCUT2D eigenvalue weighted by atomic mass is 10.2. The van der Waals surface area contributed by atoms with E-state index < -0.39 is 21.6 Å². The Morgan fingerprint density at radius 2 is 1.74 bits per heavy atom. The first-order valence-corrected chi connectivity index (χ1v) is 11.6. The summed E-state index contributed by atoms with van der Waals surface area (Å²) < 4.78 is 63.1. The van der Waals surface area contributed by atoms with Gasteiger partial charge in [0.1, 0.15) is 5.82 Å². The van der Waals surface area contributed by atoms with E-state index in [2.05, 4.69) is 4.98 Å². The molecule has 1 saturated heterocycles. The van der Waals surface area contributed by atoms with Crippen LogP contribution in [0.3, 0.4) is 0 Å². The number of pyridine rings is 1. The van der Waals surface area contributed by atoms with Gasteiger partial charge >= 0.3 is 6.18 Å². The van der Waals surface area contributed by atoms with Gasteiger partial charge in [-0.2, -0.15) is 13.2 Å². The number of aromatic nitrogens is 1. The summed E-state index contributed by atoms with van der Waals surface area (Å²) in [5.41, 5.74) is 0.143. The first kappa shape index (κ1) is 23.1. The Morgan fingerprint density at radius 3 is 2.35 bits per heavy atom. The minimum absolute atomic E-state index is 0.116. The van der Waals surface area contributed by atoms with Crippen LogP contribution in [0, 0.1) is 6.92 Å². The third-order valence-corrected chi connectivity index (χ3v) is 6.94. The van der Waals surface area contributed by atoms with Crippen LogP contribution in [0.2, 0.25) is 0 Å². The highest BCUT2D eigenvalue weighted by molar-refractivity contribution is 7.91. The maximum Gasteiger partial charge on any atom is 0.417 e. The van der Waals surface area contributed by atoms with Crippen LogP contribution in [0.4, 0.5) is 19.0 Å². The number of rotatable bonds is 5. The highest BCUT2D eigenvalue weighted by Gasteiger charge is 2.31. The van der Waals surface area contributed by atoms with Crippen LogP contribution < -0.4 is 4.90 Å². The van der Waals surface area contributed by atoms with Gasteiger partial charge in [0.25, 0.3) is 0 Å². The Kier molecular flexibility index (Phi) is 6.88. The van der Waals surface area contributed by atoms with Gasteiger partial charge < -0.3 is 9.80 Å². The molecule has 0 N–H and O–H groups in total. The fourth-order valence-electron chi connectivity index (χ4n) is 3.38. The molecule has 1 amide bonds. The Labute approximate surface area is 179 Å². The molecular formula is C21H24F3N3O3S. The molecule has 1 aromatic carbocycles. The van der Waals surface area contributed by atoms with Crippen LogP contribution in [0.25, 0.3) is 0 Å². The average molecular weight is 456 g/mol. The zero-order valence-corrected chi connectivity index (χ0v) is 17.9. The monoisotopic (exact) mass is 455 g/mol. The number of nitrogens with zero attached hydrogens (tertiary/aromatic N) is 3. The SMILES string of the molecule is Cc1ccc(S(=O)(=O)CCC(=O)N2CCCN(c3ccc(C(F)(F)F)cn3)CC2)cc1. The summed E-state index contributed by atoms with van der Waals surface area (Å²) in [6.07, 6.45) is -3.14. The fraction of sp³-hybridized carbons (Fsp3) is 0.429. The standard InChI is InChI=1S/C21H24F3N3O3S/c1-16-3-6-18(7-4-16)31(29,30)14-9-20(28)27-11-2-10-26(12-13-27)19-8-5-17(15-25-19)21(22,23)24/h3-8,15H,2,9-14H2,1H3. The number of anilines is 1. The molecule has 0 atom stereocenters. The number of hydrogen-bond donors (Lipinski definition) is 0. The van der Waals surface area contributed by atoms with E-state index in [4.69, 9.17) is 0 Å². The number of sulfone groups is 1. The fourth-order valence-corrected chi connectivity index (χ4v) is 4.61. The van der Waals surface area contributed by atoms with Crippen molar-refractivity contribution >= 4 is 21.6 Å². The first-order chi connectivity index (χ1) is 14.6. The maximum atomic E-state index is 12.7. The van der Waals surface area contributed by atoms with Crippen molar-refractivity contribution in [3.05, 3.63) is 53.7 Å². The van der Waals surface area contributed by atoms with Crippen LogP contribution >= 0.6 is 0 Å². The minimum atomic E-state index is -4.44. The van der Waals surface area contributed by atoms with E-state index in [-0.39, 0.29) is 23.0 Å². The van der Waals surface area contributed by atoms with E-state index in [1.807, 2.05) is 11.8 Å². The summed E-state index contributed by atoms with van der Waals surface area (Å²) in [5, 5.41) is 0. The Balaban J connectivity index is 1.56. The van der Waals surface area contributed by atoms with Crippen LogP contribution in [0.5, 0.6) is 0 Å². The van der Waals surface area contributed by atoms with Gasteiger partial charge in [-0.1, -0.05) is 17.7 Å². The second-order valence-electron chi connectivity index (χ2n) is 7.51. The van der Waals surface area contributed by atoms with Gasteiger partial charge in [-0.25, -0.2) is 13.4 Å². The van der Waals surface area contributed by atoms with Crippen LogP contribution in [0.1, 0.15) is 24.0 Å². The minimum Gasteiger partial charge on any atom is -0.355 e. The molecule has 0 spiro atoms. The molecule has 3 rings (SSSR count). The molecule has 0 saturated carbocycles. The van der Waals surface area contributed by atoms with E-state index in [9.17, 15) is 26.4 Å². The van der Waals surface area contributed by atoms with Crippen molar-refractivity contribution in [1.29, 1.82) is 0 Å². The highest BCUT2D eigenvalue weighted by Crippen LogP contribution is 2.29. The summed E-state index contributed by atoms with van der Waals surface area (Å²) >= 11 is 0. The second-order valence-corrected chi connectivity index (χ2v) is 9.62. The molecule has 0 aliphatic carbocycles. The van der Waals surface area contributed by atoms with Gasteiger partial charge in [-0.3, -0.25) is 4.79 Å². The topological polar surface area (TPSA) is 70.6 Å². The van der Waals surface area contributed by atoms with Crippen LogP contribution in [-0.4, -0.2) is 56.1 Å². The number of aryl methyl sites for hydroxylation is 1. The molecule has 31 heavy (non-hydrogen) atoms. The van der Waals surface area contributed by atoms with Crippen molar-refractivity contribution in [1.82, 2.24) is 9.88 Å². The number of benzene rings is 1. The van der Waals surface area contributed by atoms with E-state index >= 15 is 0 Å². The Hall–Kier alpha value is -2.62. The summed E-state index contributed by atoms with van der Waals surface area (Å²) in [4.78, 5) is 20.1. The molecule has 2 aromatic rings. The predicted octanol–water partition coefficient (Wildman–Crippen LogP) is 3.31. The number of alkyl halides is 3. The van der Waals surface area contributed by atoms with Crippen molar-refractivity contribution in [2.75, 3.05) is 36.8 Å². The number of carbonyl (C=O) groups excluding carboxylic acids is 1. The zero-order valence-electron chi connectivity index (χ0n) is 17.1. The lowest BCUT2D eigenvalue weighted by Crippen LogP contribution is -2.36. The van der Waals surface area contributed by atoms with Gasteiger partial charge in [0, 0.05) is 38.8 Å². The number of hydrogen-bond acceptors (Lipinski definition) is 5. The van der Waals surface area contributed by atoms with Gasteiger partial charge in [0.15, 0.2) is 9.84 Å². The maximum absolute atomic E-state index is 12.7. The zero-order chi connectivity index (χ0) is 22.6. The average Bonchev–Trinajstić information content (AvgIpc) is 2.98. The predicted molar refractivity (Wildman–Crippen MR) is 110 cm³/mol. The number of carbonyl (C=O) groups is 1. The van der Waals surface area contributed by atoms with Crippen molar-refractivity contribution in [2.45, 2.75) is 30.8 Å². The van der Waals surface area contributed by atoms with Crippen molar-refractivity contribution in [3.63, 3.8) is 0 Å². The van der Waals surface area contributed by atoms with E-state index in [1.165, 1.54) is 18.2 Å². The van der Waals surface area contributed by atoms with Crippen molar-refractivity contribution in [2.24, 2.45) is 0 Å². The molecule has 2 heterocycles. The Morgan fingerprint density at radius 1 is 1.03 bits per heavy atom. The van der Waals surface area contributed by atoms with Crippen molar-refractivity contribution < 1.29 is 26.4 Å². The molecule has 0 unspecified atom stereocenters. The number of amides is 1. The quantitative estimate of drug-likeness (QED) is 0.692. The van der Waals surface area contributed by atoms with E-state index in [0.29, 0.717) is 38.4 Å². The van der Waals surface area contributed by atoms with Gasteiger partial charge in [0.05, 0.1) is 16.2 Å².